The molecule has 0 N–H and O–H groups in total. The molecule has 0 radical (unpaired) electrons. The van der Waals surface area contributed by atoms with Crippen molar-refractivity contribution >= 4 is 11.4 Å². The molecule has 15 heavy (non-hydrogen) atoms. The van der Waals surface area contributed by atoms with Crippen molar-refractivity contribution in [2.24, 2.45) is 4.99 Å². The number of nitrogens with zero attached hydrogens (tertiary/aromatic N) is 1. The minimum absolute atomic E-state index is 0.864. The Morgan fingerprint density at radius 1 is 1.40 bits per heavy atom. The summed E-state index contributed by atoms with van der Waals surface area (Å²) in [5.74, 6) is 0.864. The molecule has 0 bridgehead atoms. The Hall–Kier alpha value is -1.31. The number of hydrogen-bond acceptors (Lipinski definition) is 2. The average Bonchev–Trinajstić information content (AvgIpc) is 2.21. The molecule has 0 saturated heterocycles. The molecule has 2 heteroatoms. The van der Waals surface area contributed by atoms with Crippen molar-refractivity contribution < 1.29 is 4.74 Å². The first-order valence-electron chi connectivity index (χ1n) is 5.36. The van der Waals surface area contributed by atoms with E-state index in [4.69, 9.17) is 4.74 Å². The molecule has 0 aliphatic carbocycles. The average molecular weight is 205 g/mol. The van der Waals surface area contributed by atoms with Gasteiger partial charge in [0.25, 0.3) is 0 Å². The van der Waals surface area contributed by atoms with Crippen LogP contribution in [0, 0.1) is 6.92 Å². The van der Waals surface area contributed by atoms with Gasteiger partial charge >= 0.3 is 0 Å². The summed E-state index contributed by atoms with van der Waals surface area (Å²) in [6.07, 6.45) is 2.19. The largest absolute Gasteiger partial charge is 0.497 e. The lowest BCUT2D eigenvalue weighted by molar-refractivity contribution is 0.415. The van der Waals surface area contributed by atoms with E-state index < -0.39 is 0 Å². The van der Waals surface area contributed by atoms with Gasteiger partial charge in [0, 0.05) is 11.8 Å². The first-order chi connectivity index (χ1) is 7.17. The lowest BCUT2D eigenvalue weighted by Crippen LogP contribution is -1.90. The Balaban J connectivity index is 2.97. The van der Waals surface area contributed by atoms with E-state index in [1.807, 2.05) is 18.2 Å². The highest BCUT2D eigenvalue weighted by atomic mass is 16.5. The molecular weight excluding hydrogens is 186 g/mol. The second-order valence-electron chi connectivity index (χ2n) is 3.75. The van der Waals surface area contributed by atoms with Crippen LogP contribution < -0.4 is 4.74 Å². The summed E-state index contributed by atoms with van der Waals surface area (Å²) < 4.78 is 5.18. The molecule has 82 valence electrons. The van der Waals surface area contributed by atoms with Crippen LogP contribution in [0.2, 0.25) is 0 Å². The van der Waals surface area contributed by atoms with Gasteiger partial charge in [0.05, 0.1) is 12.8 Å². The summed E-state index contributed by atoms with van der Waals surface area (Å²) in [4.78, 5) is 4.59. The van der Waals surface area contributed by atoms with Crippen LogP contribution in [0.4, 0.5) is 5.69 Å². The maximum Gasteiger partial charge on any atom is 0.121 e. The SMILES string of the molecule is CCC/C(C)=N\c1cc(OC)ccc1C. The zero-order valence-corrected chi connectivity index (χ0v) is 10.0. The molecule has 1 rings (SSSR count). The van der Waals surface area contributed by atoms with Crippen LogP contribution in [0.5, 0.6) is 5.75 Å². The van der Waals surface area contributed by atoms with Crippen LogP contribution >= 0.6 is 0 Å². The maximum atomic E-state index is 5.18. The Morgan fingerprint density at radius 3 is 2.73 bits per heavy atom. The first-order valence-corrected chi connectivity index (χ1v) is 5.36. The molecule has 0 aliphatic rings. The van der Waals surface area contributed by atoms with Gasteiger partial charge in [-0.05, 0) is 31.9 Å². The quantitative estimate of drug-likeness (QED) is 0.683. The van der Waals surface area contributed by atoms with Crippen molar-refractivity contribution in [2.75, 3.05) is 7.11 Å². The summed E-state index contributed by atoms with van der Waals surface area (Å²) >= 11 is 0. The van der Waals surface area contributed by atoms with Gasteiger partial charge in [-0.2, -0.15) is 0 Å². The summed E-state index contributed by atoms with van der Waals surface area (Å²) in [6, 6.07) is 5.98. The third-order valence-corrected chi connectivity index (χ3v) is 2.34. The second-order valence-corrected chi connectivity index (χ2v) is 3.75. The number of methoxy groups -OCH3 is 1. The number of aryl methyl sites for hydroxylation is 1. The summed E-state index contributed by atoms with van der Waals surface area (Å²) in [7, 11) is 1.68. The van der Waals surface area contributed by atoms with Crippen molar-refractivity contribution in [3.05, 3.63) is 23.8 Å². The van der Waals surface area contributed by atoms with E-state index in [1.54, 1.807) is 7.11 Å². The third kappa shape index (κ3) is 3.39. The second kappa shape index (κ2) is 5.54. The Labute approximate surface area is 92.0 Å². The molecule has 0 heterocycles. The van der Waals surface area contributed by atoms with Crippen LogP contribution in [0.3, 0.4) is 0 Å². The zero-order valence-electron chi connectivity index (χ0n) is 10.0. The van der Waals surface area contributed by atoms with Crippen LogP contribution in [0.15, 0.2) is 23.2 Å². The van der Waals surface area contributed by atoms with E-state index in [-0.39, 0.29) is 0 Å². The number of hydrogen-bond donors (Lipinski definition) is 0. The molecule has 1 aromatic rings. The maximum absolute atomic E-state index is 5.18. The highest BCUT2D eigenvalue weighted by Gasteiger charge is 1.99. The fourth-order valence-electron chi connectivity index (χ4n) is 1.46. The fraction of sp³-hybridized carbons (Fsp3) is 0.462. The molecule has 2 nitrogen and oxygen atoms in total. The Kier molecular flexibility index (Phi) is 4.35. The first kappa shape index (κ1) is 11.8. The molecule has 0 unspecified atom stereocenters. The van der Waals surface area contributed by atoms with Crippen LogP contribution in [0.25, 0.3) is 0 Å². The monoisotopic (exact) mass is 205 g/mol. The third-order valence-electron chi connectivity index (χ3n) is 2.34. The normalized spacial score (nSPS) is 11.6. The lowest BCUT2D eigenvalue weighted by Gasteiger charge is -2.05. The van der Waals surface area contributed by atoms with E-state index in [1.165, 1.54) is 11.3 Å². The van der Waals surface area contributed by atoms with Gasteiger partial charge < -0.3 is 4.74 Å². The molecule has 0 atom stereocenters. The van der Waals surface area contributed by atoms with Crippen molar-refractivity contribution in [3.8, 4) is 5.75 Å². The highest BCUT2D eigenvalue weighted by molar-refractivity contribution is 5.85. The van der Waals surface area contributed by atoms with E-state index in [2.05, 4.69) is 25.8 Å². The van der Waals surface area contributed by atoms with Crippen molar-refractivity contribution in [1.29, 1.82) is 0 Å². The summed E-state index contributed by atoms with van der Waals surface area (Å²) in [5.41, 5.74) is 3.38. The fourth-order valence-corrected chi connectivity index (χ4v) is 1.46. The number of aliphatic imine (C=N–C) groups is 1. The molecule has 0 aromatic heterocycles. The smallest absolute Gasteiger partial charge is 0.121 e. The highest BCUT2D eigenvalue weighted by Crippen LogP contribution is 2.24. The Bertz CT molecular complexity index is 356. The molecule has 1 aromatic carbocycles. The van der Waals surface area contributed by atoms with Gasteiger partial charge in [0.1, 0.15) is 5.75 Å². The minimum Gasteiger partial charge on any atom is -0.497 e. The van der Waals surface area contributed by atoms with Crippen LogP contribution in [-0.4, -0.2) is 12.8 Å². The topological polar surface area (TPSA) is 21.6 Å². The number of ether oxygens (including phenoxy) is 1. The van der Waals surface area contributed by atoms with Gasteiger partial charge in [-0.25, -0.2) is 0 Å². The molecule has 0 aliphatic heterocycles. The van der Waals surface area contributed by atoms with Crippen molar-refractivity contribution in [2.45, 2.75) is 33.6 Å². The van der Waals surface area contributed by atoms with Gasteiger partial charge in [-0.1, -0.05) is 19.4 Å². The van der Waals surface area contributed by atoms with Gasteiger partial charge in [0.2, 0.25) is 0 Å². The number of benzene rings is 1. The molecule has 0 fully saturated rings. The van der Waals surface area contributed by atoms with E-state index >= 15 is 0 Å². The number of rotatable bonds is 4. The van der Waals surface area contributed by atoms with Crippen LogP contribution in [-0.2, 0) is 0 Å². The minimum atomic E-state index is 0.864. The van der Waals surface area contributed by atoms with Crippen LogP contribution in [0.1, 0.15) is 32.3 Å². The molecule has 0 spiro atoms. The summed E-state index contributed by atoms with van der Waals surface area (Å²) in [6.45, 7) is 6.30. The van der Waals surface area contributed by atoms with Gasteiger partial charge in [0.15, 0.2) is 0 Å². The van der Waals surface area contributed by atoms with E-state index in [9.17, 15) is 0 Å². The summed E-state index contributed by atoms with van der Waals surface area (Å²) in [5, 5.41) is 0. The van der Waals surface area contributed by atoms with Gasteiger partial charge in [-0.3, -0.25) is 4.99 Å². The van der Waals surface area contributed by atoms with Crippen molar-refractivity contribution in [1.82, 2.24) is 0 Å². The lowest BCUT2D eigenvalue weighted by atomic mass is 10.2. The predicted octanol–water partition coefficient (Wildman–Crippen LogP) is 3.90. The zero-order chi connectivity index (χ0) is 11.3. The van der Waals surface area contributed by atoms with Gasteiger partial charge in [-0.15, -0.1) is 0 Å². The van der Waals surface area contributed by atoms with E-state index in [0.717, 1.165) is 24.3 Å². The molecule has 0 saturated carbocycles. The standard InChI is InChI=1S/C13H19NO/c1-5-6-11(3)14-13-9-12(15-4)8-7-10(13)2/h7-9H,5-6H2,1-4H3/b14-11-. The van der Waals surface area contributed by atoms with Crippen molar-refractivity contribution in [3.63, 3.8) is 0 Å². The molecular formula is C13H19NO. The predicted molar refractivity (Wildman–Crippen MR) is 65.4 cm³/mol. The molecule has 0 amide bonds. The Morgan fingerprint density at radius 2 is 2.13 bits per heavy atom. The van der Waals surface area contributed by atoms with E-state index in [0.29, 0.717) is 0 Å².